The van der Waals surface area contributed by atoms with Crippen LogP contribution in [0.3, 0.4) is 0 Å². The average Bonchev–Trinajstić information content (AvgIpc) is 2.91. The third-order valence-corrected chi connectivity index (χ3v) is 4.27. The molecule has 2 N–H and O–H groups in total. The van der Waals surface area contributed by atoms with E-state index in [0.717, 1.165) is 17.1 Å². The van der Waals surface area contributed by atoms with Gasteiger partial charge in [-0.3, -0.25) is 10.1 Å². The Bertz CT molecular complexity index is 633. The number of nitrogens with one attached hydrogen (secondary N) is 2. The van der Waals surface area contributed by atoms with Crippen LogP contribution in [0.15, 0.2) is 18.2 Å². The maximum absolute atomic E-state index is 12.4. The van der Waals surface area contributed by atoms with Gasteiger partial charge < -0.3 is 5.32 Å². The highest BCUT2D eigenvalue weighted by Gasteiger charge is 2.18. The van der Waals surface area contributed by atoms with Crippen LogP contribution in [0.4, 0.5) is 10.8 Å². The molecule has 0 radical (unpaired) electrons. The van der Waals surface area contributed by atoms with E-state index in [1.165, 1.54) is 22.5 Å². The molecule has 1 heterocycles. The lowest BCUT2D eigenvalue weighted by atomic mass is 10.1. The molecule has 0 fully saturated rings. The van der Waals surface area contributed by atoms with Crippen LogP contribution in [0.2, 0.25) is 0 Å². The lowest BCUT2D eigenvalue weighted by molar-refractivity contribution is -0.117. The summed E-state index contributed by atoms with van der Waals surface area (Å²) < 4.78 is 0. The first-order valence-electron chi connectivity index (χ1n) is 7.50. The third-order valence-electron chi connectivity index (χ3n) is 3.29. The van der Waals surface area contributed by atoms with Crippen LogP contribution in [-0.2, 0) is 11.2 Å². The van der Waals surface area contributed by atoms with Crippen molar-refractivity contribution in [1.82, 2.24) is 10.2 Å². The Hall–Kier alpha value is -1.95. The van der Waals surface area contributed by atoms with Crippen molar-refractivity contribution in [2.45, 2.75) is 46.6 Å². The van der Waals surface area contributed by atoms with Crippen molar-refractivity contribution in [2.24, 2.45) is 0 Å². The van der Waals surface area contributed by atoms with Gasteiger partial charge in [0.05, 0.1) is 0 Å². The molecule has 1 amide bonds. The lowest BCUT2D eigenvalue weighted by Crippen LogP contribution is -2.34. The first-order valence-corrected chi connectivity index (χ1v) is 8.31. The zero-order chi connectivity index (χ0) is 16.1. The second-order valence-electron chi connectivity index (χ2n) is 5.33. The SMILES string of the molecule is CCc1nnc(NC(=O)[C@@H](CC)Nc2cc(C)cc(C)c2)s1. The molecule has 0 bridgehead atoms. The summed E-state index contributed by atoms with van der Waals surface area (Å²) >= 11 is 1.42. The Morgan fingerprint density at radius 2 is 1.86 bits per heavy atom. The van der Waals surface area contributed by atoms with E-state index < -0.39 is 0 Å². The number of carbonyl (C=O) groups excluding carboxylic acids is 1. The number of aromatic nitrogens is 2. The third kappa shape index (κ3) is 4.27. The number of hydrogen-bond donors (Lipinski definition) is 2. The minimum absolute atomic E-state index is 0.0829. The molecule has 1 atom stereocenters. The normalized spacial score (nSPS) is 12.0. The summed E-state index contributed by atoms with van der Waals surface area (Å²) in [6.45, 7) is 8.10. The molecule has 0 saturated heterocycles. The van der Waals surface area contributed by atoms with Gasteiger partial charge in [0.25, 0.3) is 0 Å². The number of carbonyl (C=O) groups is 1. The van der Waals surface area contributed by atoms with E-state index >= 15 is 0 Å². The van der Waals surface area contributed by atoms with E-state index in [9.17, 15) is 4.79 Å². The van der Waals surface area contributed by atoms with Crippen molar-refractivity contribution in [3.63, 3.8) is 0 Å². The van der Waals surface area contributed by atoms with Crippen LogP contribution in [0.1, 0.15) is 36.4 Å². The van der Waals surface area contributed by atoms with Gasteiger partial charge in [0.1, 0.15) is 11.0 Å². The molecule has 22 heavy (non-hydrogen) atoms. The zero-order valence-corrected chi connectivity index (χ0v) is 14.3. The Balaban J connectivity index is 2.05. The fourth-order valence-electron chi connectivity index (χ4n) is 2.25. The first kappa shape index (κ1) is 16.4. The van der Waals surface area contributed by atoms with Crippen molar-refractivity contribution >= 4 is 28.1 Å². The highest BCUT2D eigenvalue weighted by atomic mass is 32.1. The van der Waals surface area contributed by atoms with E-state index in [-0.39, 0.29) is 11.9 Å². The van der Waals surface area contributed by atoms with E-state index in [2.05, 4.69) is 26.9 Å². The Morgan fingerprint density at radius 3 is 2.41 bits per heavy atom. The van der Waals surface area contributed by atoms with Gasteiger partial charge >= 0.3 is 0 Å². The van der Waals surface area contributed by atoms with Crippen molar-refractivity contribution in [2.75, 3.05) is 10.6 Å². The summed E-state index contributed by atoms with van der Waals surface area (Å²) in [5.74, 6) is -0.0829. The van der Waals surface area contributed by atoms with Crippen LogP contribution in [0.25, 0.3) is 0 Å². The number of amides is 1. The number of aryl methyl sites for hydroxylation is 3. The average molecular weight is 318 g/mol. The molecule has 1 aromatic carbocycles. The van der Waals surface area contributed by atoms with Crippen molar-refractivity contribution in [1.29, 1.82) is 0 Å². The van der Waals surface area contributed by atoms with Crippen molar-refractivity contribution < 1.29 is 4.79 Å². The fourth-order valence-corrected chi connectivity index (χ4v) is 2.93. The molecule has 2 aromatic rings. The number of rotatable bonds is 6. The summed E-state index contributed by atoms with van der Waals surface area (Å²) in [5.41, 5.74) is 3.31. The molecule has 5 nitrogen and oxygen atoms in total. The van der Waals surface area contributed by atoms with Gasteiger partial charge in [0.15, 0.2) is 0 Å². The highest BCUT2D eigenvalue weighted by molar-refractivity contribution is 7.15. The minimum atomic E-state index is -0.296. The lowest BCUT2D eigenvalue weighted by Gasteiger charge is -2.17. The standard InChI is InChI=1S/C16H22N4OS/c1-5-13(17-12-8-10(3)7-11(4)9-12)15(21)18-16-20-19-14(6-2)22-16/h7-9,13,17H,5-6H2,1-4H3,(H,18,20,21)/t13-/m1/s1. The van der Waals surface area contributed by atoms with E-state index in [4.69, 9.17) is 0 Å². The van der Waals surface area contributed by atoms with Crippen LogP contribution >= 0.6 is 11.3 Å². The Kier molecular flexibility index (Phi) is 5.49. The molecule has 0 aliphatic heterocycles. The number of benzene rings is 1. The monoisotopic (exact) mass is 318 g/mol. The first-order chi connectivity index (χ1) is 10.5. The zero-order valence-electron chi connectivity index (χ0n) is 13.4. The van der Waals surface area contributed by atoms with Crippen LogP contribution in [0.5, 0.6) is 0 Å². The minimum Gasteiger partial charge on any atom is -0.374 e. The van der Waals surface area contributed by atoms with E-state index in [1.807, 2.05) is 39.8 Å². The number of hydrogen-bond acceptors (Lipinski definition) is 5. The molecular weight excluding hydrogens is 296 g/mol. The fraction of sp³-hybridized carbons (Fsp3) is 0.438. The maximum Gasteiger partial charge on any atom is 0.248 e. The predicted octanol–water partition coefficient (Wildman–Crippen LogP) is 3.55. The molecule has 0 saturated carbocycles. The summed E-state index contributed by atoms with van der Waals surface area (Å²) in [7, 11) is 0. The van der Waals surface area contributed by atoms with Crippen LogP contribution < -0.4 is 10.6 Å². The van der Waals surface area contributed by atoms with Crippen molar-refractivity contribution in [3.8, 4) is 0 Å². The molecule has 6 heteroatoms. The molecule has 118 valence electrons. The smallest absolute Gasteiger partial charge is 0.248 e. The van der Waals surface area contributed by atoms with Gasteiger partial charge in [-0.2, -0.15) is 0 Å². The molecule has 0 aliphatic rings. The largest absolute Gasteiger partial charge is 0.374 e. The number of anilines is 2. The van der Waals surface area contributed by atoms with Gasteiger partial charge in [0, 0.05) is 5.69 Å². The predicted molar refractivity (Wildman–Crippen MR) is 91.5 cm³/mol. The second kappa shape index (κ2) is 7.35. The summed E-state index contributed by atoms with van der Waals surface area (Å²) in [5, 5.41) is 15.6. The molecule has 0 unspecified atom stereocenters. The van der Waals surface area contributed by atoms with Gasteiger partial charge in [-0.05, 0) is 49.9 Å². The van der Waals surface area contributed by atoms with Gasteiger partial charge in [-0.15, -0.1) is 10.2 Å². The molecule has 2 rings (SSSR count). The summed E-state index contributed by atoms with van der Waals surface area (Å²) in [4.78, 5) is 12.4. The quantitative estimate of drug-likeness (QED) is 0.855. The van der Waals surface area contributed by atoms with Gasteiger partial charge in [-0.25, -0.2) is 0 Å². The Labute approximate surface area is 135 Å². The molecule has 0 spiro atoms. The van der Waals surface area contributed by atoms with Crippen LogP contribution in [-0.4, -0.2) is 22.1 Å². The topological polar surface area (TPSA) is 66.9 Å². The van der Waals surface area contributed by atoms with Gasteiger partial charge in [0.2, 0.25) is 11.0 Å². The molecule has 0 aliphatic carbocycles. The maximum atomic E-state index is 12.4. The second-order valence-corrected chi connectivity index (χ2v) is 6.39. The molecule has 1 aromatic heterocycles. The summed E-state index contributed by atoms with van der Waals surface area (Å²) in [6, 6.07) is 5.90. The summed E-state index contributed by atoms with van der Waals surface area (Å²) in [6.07, 6.45) is 1.52. The van der Waals surface area contributed by atoms with Gasteiger partial charge in [-0.1, -0.05) is 31.3 Å². The van der Waals surface area contributed by atoms with Crippen LogP contribution in [0, 0.1) is 13.8 Å². The van der Waals surface area contributed by atoms with Crippen molar-refractivity contribution in [3.05, 3.63) is 34.3 Å². The Morgan fingerprint density at radius 1 is 1.18 bits per heavy atom. The van der Waals surface area contributed by atoms with E-state index in [0.29, 0.717) is 11.6 Å². The highest BCUT2D eigenvalue weighted by Crippen LogP contribution is 2.18. The number of nitrogens with zero attached hydrogens (tertiary/aromatic N) is 2. The van der Waals surface area contributed by atoms with E-state index in [1.54, 1.807) is 0 Å². The molecular formula is C16H22N4OS.